The fourth-order valence-corrected chi connectivity index (χ4v) is 3.27. The zero-order valence-corrected chi connectivity index (χ0v) is 14.1. The minimum atomic E-state index is -0.239. The van der Waals surface area contributed by atoms with Crippen LogP contribution in [0.5, 0.6) is 0 Å². The molecule has 3 rings (SSSR count). The van der Waals surface area contributed by atoms with Gasteiger partial charge in [-0.25, -0.2) is 9.37 Å². The molecule has 6 nitrogen and oxygen atoms in total. The van der Waals surface area contributed by atoms with Gasteiger partial charge < -0.3 is 15.5 Å². The van der Waals surface area contributed by atoms with E-state index in [-0.39, 0.29) is 11.8 Å². The highest BCUT2D eigenvalue weighted by Crippen LogP contribution is 2.28. The van der Waals surface area contributed by atoms with E-state index in [0.717, 1.165) is 18.8 Å². The first-order valence-electron chi connectivity index (χ1n) is 7.49. The average molecular weight is 344 g/mol. The van der Waals surface area contributed by atoms with Gasteiger partial charge in [-0.2, -0.15) is 10.2 Å². The average Bonchev–Trinajstić information content (AvgIpc) is 2.61. The predicted molar refractivity (Wildman–Crippen MR) is 93.8 cm³/mol. The van der Waals surface area contributed by atoms with Crippen LogP contribution in [0.3, 0.4) is 0 Å². The molecule has 1 saturated heterocycles. The predicted octanol–water partition coefficient (Wildman–Crippen LogP) is 2.12. The van der Waals surface area contributed by atoms with Gasteiger partial charge in [0.2, 0.25) is 5.95 Å². The number of hydrogen-bond acceptors (Lipinski definition) is 7. The Morgan fingerprint density at radius 1 is 1.12 bits per heavy atom. The highest BCUT2D eigenvalue weighted by Gasteiger charge is 2.23. The molecule has 2 aromatic rings. The lowest BCUT2D eigenvalue weighted by Crippen LogP contribution is -2.47. The molecule has 0 aliphatic carbocycles. The van der Waals surface area contributed by atoms with Crippen molar-refractivity contribution in [2.45, 2.75) is 5.03 Å². The molecule has 124 valence electrons. The number of nitrogen functional groups attached to an aromatic ring is 1. The lowest BCUT2D eigenvalue weighted by molar-refractivity contribution is 0.624. The molecule has 0 bridgehead atoms. The van der Waals surface area contributed by atoms with Crippen LogP contribution in [0.4, 0.5) is 21.8 Å². The fraction of sp³-hybridized carbons (Fsp3) is 0.312. The van der Waals surface area contributed by atoms with E-state index in [0.29, 0.717) is 29.5 Å². The number of nitrogens with two attached hydrogens (primary N) is 1. The van der Waals surface area contributed by atoms with Gasteiger partial charge in [0.1, 0.15) is 22.5 Å². The number of anilines is 3. The molecule has 1 aromatic heterocycles. The Morgan fingerprint density at radius 3 is 2.33 bits per heavy atom. The second kappa shape index (κ2) is 6.93. The lowest BCUT2D eigenvalue weighted by Gasteiger charge is -2.37. The van der Waals surface area contributed by atoms with Crippen LogP contribution in [0, 0.1) is 17.1 Å². The van der Waals surface area contributed by atoms with E-state index >= 15 is 0 Å². The zero-order chi connectivity index (χ0) is 17.1. The normalized spacial score (nSPS) is 14.5. The molecule has 2 N–H and O–H groups in total. The van der Waals surface area contributed by atoms with E-state index in [9.17, 15) is 9.65 Å². The molecular formula is C16H17FN6S. The molecule has 0 unspecified atom stereocenters. The molecule has 0 radical (unpaired) electrons. The number of piperazine rings is 1. The van der Waals surface area contributed by atoms with Crippen molar-refractivity contribution >= 4 is 29.2 Å². The summed E-state index contributed by atoms with van der Waals surface area (Å²) in [7, 11) is 0. The Hall–Kier alpha value is -2.53. The summed E-state index contributed by atoms with van der Waals surface area (Å²) in [5.41, 5.74) is 7.23. The van der Waals surface area contributed by atoms with Crippen molar-refractivity contribution in [2.24, 2.45) is 0 Å². The molecule has 0 amide bonds. The van der Waals surface area contributed by atoms with Crippen LogP contribution in [-0.2, 0) is 0 Å². The van der Waals surface area contributed by atoms with E-state index in [2.05, 4.69) is 25.8 Å². The summed E-state index contributed by atoms with van der Waals surface area (Å²) in [6, 6.07) is 8.67. The monoisotopic (exact) mass is 344 g/mol. The number of halogens is 1. The fourth-order valence-electron chi connectivity index (χ4n) is 2.75. The topological polar surface area (TPSA) is 82.1 Å². The van der Waals surface area contributed by atoms with Crippen molar-refractivity contribution in [3.63, 3.8) is 0 Å². The third-order valence-electron chi connectivity index (χ3n) is 3.95. The van der Waals surface area contributed by atoms with Crippen molar-refractivity contribution in [3.8, 4) is 6.07 Å². The van der Waals surface area contributed by atoms with Gasteiger partial charge in [0.25, 0.3) is 0 Å². The first-order valence-corrected chi connectivity index (χ1v) is 8.72. The first kappa shape index (κ1) is 16.3. The van der Waals surface area contributed by atoms with Crippen molar-refractivity contribution in [2.75, 3.05) is 48.0 Å². The molecule has 2 heterocycles. The van der Waals surface area contributed by atoms with Crippen LogP contribution < -0.4 is 15.5 Å². The number of nitriles is 1. The maximum absolute atomic E-state index is 13.0. The second-order valence-corrected chi connectivity index (χ2v) is 6.15. The largest absolute Gasteiger partial charge is 0.368 e. The molecule has 1 aliphatic rings. The number of aromatic nitrogens is 2. The Balaban J connectivity index is 1.79. The second-order valence-electron chi connectivity index (χ2n) is 5.35. The Morgan fingerprint density at radius 2 is 1.75 bits per heavy atom. The number of hydrogen-bond donors (Lipinski definition) is 1. The molecule has 1 aliphatic heterocycles. The molecule has 1 fully saturated rings. The maximum Gasteiger partial charge on any atom is 0.223 e. The lowest BCUT2D eigenvalue weighted by atomic mass is 10.2. The van der Waals surface area contributed by atoms with Crippen LogP contribution in [-0.4, -0.2) is 42.4 Å². The number of nitrogens with zero attached hydrogens (tertiary/aromatic N) is 5. The summed E-state index contributed by atoms with van der Waals surface area (Å²) in [6.45, 7) is 2.93. The van der Waals surface area contributed by atoms with E-state index in [1.807, 2.05) is 6.26 Å². The highest BCUT2D eigenvalue weighted by molar-refractivity contribution is 7.98. The quantitative estimate of drug-likeness (QED) is 0.674. The molecular weight excluding hydrogens is 327 g/mol. The third kappa shape index (κ3) is 3.21. The minimum absolute atomic E-state index is 0.175. The van der Waals surface area contributed by atoms with Crippen molar-refractivity contribution < 1.29 is 4.39 Å². The summed E-state index contributed by atoms with van der Waals surface area (Å²) in [5, 5.41) is 10.0. The van der Waals surface area contributed by atoms with Gasteiger partial charge in [-0.15, -0.1) is 11.8 Å². The summed E-state index contributed by atoms with van der Waals surface area (Å²) >= 11 is 1.38. The third-order valence-corrected chi connectivity index (χ3v) is 4.63. The smallest absolute Gasteiger partial charge is 0.223 e. The van der Waals surface area contributed by atoms with Gasteiger partial charge in [0.05, 0.1) is 0 Å². The van der Waals surface area contributed by atoms with Gasteiger partial charge >= 0.3 is 0 Å². The number of benzene rings is 1. The van der Waals surface area contributed by atoms with Crippen molar-refractivity contribution in [1.29, 1.82) is 5.26 Å². The molecule has 8 heteroatoms. The van der Waals surface area contributed by atoms with Gasteiger partial charge in [-0.3, -0.25) is 0 Å². The highest BCUT2D eigenvalue weighted by atomic mass is 32.2. The number of rotatable bonds is 3. The summed E-state index contributed by atoms with van der Waals surface area (Å²) in [4.78, 5) is 12.6. The Labute approximate surface area is 144 Å². The van der Waals surface area contributed by atoms with Gasteiger partial charge in [0.15, 0.2) is 5.82 Å². The molecule has 1 aromatic carbocycles. The standard InChI is InChI=1S/C16H17FN6S/c1-24-15-13(10-18)14(20-16(19)21-15)23-8-6-22(7-9-23)12-4-2-11(17)3-5-12/h2-5H,6-9H2,1H3,(H2,19,20,21). The first-order chi connectivity index (χ1) is 11.6. The van der Waals surface area contributed by atoms with E-state index < -0.39 is 0 Å². The van der Waals surface area contributed by atoms with Crippen molar-refractivity contribution in [1.82, 2.24) is 9.97 Å². The summed E-state index contributed by atoms with van der Waals surface area (Å²) in [6.07, 6.45) is 1.86. The van der Waals surface area contributed by atoms with Crippen LogP contribution >= 0.6 is 11.8 Å². The van der Waals surface area contributed by atoms with Crippen LogP contribution in [0.2, 0.25) is 0 Å². The van der Waals surface area contributed by atoms with Gasteiger partial charge in [-0.05, 0) is 30.5 Å². The Bertz CT molecular complexity index is 765. The minimum Gasteiger partial charge on any atom is -0.368 e. The molecule has 0 spiro atoms. The molecule has 24 heavy (non-hydrogen) atoms. The maximum atomic E-state index is 13.0. The molecule has 0 atom stereocenters. The molecule has 0 saturated carbocycles. The Kier molecular flexibility index (Phi) is 4.71. The summed E-state index contributed by atoms with van der Waals surface area (Å²) < 4.78 is 13.0. The van der Waals surface area contributed by atoms with E-state index in [1.54, 1.807) is 12.1 Å². The SMILES string of the molecule is CSc1nc(N)nc(N2CCN(c3ccc(F)cc3)CC2)c1C#N. The number of thioether (sulfide) groups is 1. The van der Waals surface area contributed by atoms with Gasteiger partial charge in [0, 0.05) is 31.9 Å². The van der Waals surface area contributed by atoms with E-state index in [1.165, 1.54) is 23.9 Å². The zero-order valence-electron chi connectivity index (χ0n) is 13.2. The van der Waals surface area contributed by atoms with Crippen molar-refractivity contribution in [3.05, 3.63) is 35.6 Å². The van der Waals surface area contributed by atoms with Gasteiger partial charge in [-0.1, -0.05) is 0 Å². The summed E-state index contributed by atoms with van der Waals surface area (Å²) in [5.74, 6) is 0.527. The van der Waals surface area contributed by atoms with Crippen LogP contribution in [0.15, 0.2) is 29.3 Å². The van der Waals surface area contributed by atoms with E-state index in [4.69, 9.17) is 5.73 Å². The van der Waals surface area contributed by atoms with Crippen LogP contribution in [0.25, 0.3) is 0 Å². The van der Waals surface area contributed by atoms with Crippen LogP contribution in [0.1, 0.15) is 5.56 Å².